The van der Waals surface area contributed by atoms with Crippen LogP contribution in [0.25, 0.3) is 0 Å². The molecule has 0 spiro atoms. The highest BCUT2D eigenvalue weighted by molar-refractivity contribution is 7.99. The number of imide groups is 1. The summed E-state index contributed by atoms with van der Waals surface area (Å²) in [6.45, 7) is 6.22. The molecule has 25 heavy (non-hydrogen) atoms. The Morgan fingerprint density at radius 2 is 1.96 bits per heavy atom. The third kappa shape index (κ3) is 3.39. The van der Waals surface area contributed by atoms with Crippen molar-refractivity contribution >= 4 is 23.7 Å². The van der Waals surface area contributed by atoms with Crippen molar-refractivity contribution in [1.82, 2.24) is 15.2 Å². The molecule has 6 heteroatoms. The number of carbonyl (C=O) groups excluding carboxylic acids is 2. The first kappa shape index (κ1) is 17.5. The number of thioether (sulfide) groups is 1. The maximum absolute atomic E-state index is 12.8. The Balaban J connectivity index is 1.66. The summed E-state index contributed by atoms with van der Waals surface area (Å²) in [4.78, 5) is 31.7. The Hall–Kier alpha value is -2.34. The summed E-state index contributed by atoms with van der Waals surface area (Å²) in [7, 11) is 0. The molecule has 2 heterocycles. The van der Waals surface area contributed by atoms with Gasteiger partial charge in [-0.2, -0.15) is 0 Å². The fourth-order valence-electron chi connectivity index (χ4n) is 2.79. The number of aryl methyl sites for hydroxylation is 2. The number of amides is 3. The van der Waals surface area contributed by atoms with Crippen molar-refractivity contribution < 1.29 is 9.59 Å². The SMILES string of the molecule is Cc1ccc(SCCN2C(=O)NC(C)(c3ccccn3)C2=O)cc1C. The van der Waals surface area contributed by atoms with Crippen molar-refractivity contribution in [2.45, 2.75) is 31.2 Å². The van der Waals surface area contributed by atoms with Crippen molar-refractivity contribution in [3.63, 3.8) is 0 Å². The topological polar surface area (TPSA) is 62.3 Å². The number of hydrogen-bond donors (Lipinski definition) is 1. The molecule has 0 radical (unpaired) electrons. The summed E-state index contributed by atoms with van der Waals surface area (Å²) >= 11 is 1.64. The van der Waals surface area contributed by atoms with Gasteiger partial charge in [-0.3, -0.25) is 14.7 Å². The van der Waals surface area contributed by atoms with E-state index < -0.39 is 5.54 Å². The highest BCUT2D eigenvalue weighted by Crippen LogP contribution is 2.28. The zero-order chi connectivity index (χ0) is 18.0. The molecule has 0 aliphatic carbocycles. The van der Waals surface area contributed by atoms with Crippen LogP contribution >= 0.6 is 11.8 Å². The average Bonchev–Trinajstić information content (AvgIpc) is 2.83. The number of nitrogens with one attached hydrogen (secondary N) is 1. The maximum Gasteiger partial charge on any atom is 0.325 e. The Labute approximate surface area is 151 Å². The van der Waals surface area contributed by atoms with Gasteiger partial charge in [-0.25, -0.2) is 4.79 Å². The third-order valence-electron chi connectivity index (χ3n) is 4.51. The molecule has 0 bridgehead atoms. The van der Waals surface area contributed by atoms with Gasteiger partial charge in [0, 0.05) is 23.4 Å². The van der Waals surface area contributed by atoms with E-state index in [0.29, 0.717) is 18.0 Å². The Morgan fingerprint density at radius 3 is 2.64 bits per heavy atom. The van der Waals surface area contributed by atoms with Gasteiger partial charge in [0.2, 0.25) is 0 Å². The van der Waals surface area contributed by atoms with Crippen molar-refractivity contribution in [3.05, 3.63) is 59.4 Å². The second kappa shape index (κ2) is 6.88. The molecule has 3 rings (SSSR count). The summed E-state index contributed by atoms with van der Waals surface area (Å²) < 4.78 is 0. The van der Waals surface area contributed by atoms with Crippen molar-refractivity contribution in [2.24, 2.45) is 0 Å². The highest BCUT2D eigenvalue weighted by Gasteiger charge is 2.49. The van der Waals surface area contributed by atoms with Gasteiger partial charge in [0.05, 0.1) is 5.69 Å². The molecule has 1 unspecified atom stereocenters. The zero-order valence-corrected chi connectivity index (χ0v) is 15.4. The number of nitrogens with zero attached hydrogens (tertiary/aromatic N) is 2. The Kier molecular flexibility index (Phi) is 4.81. The summed E-state index contributed by atoms with van der Waals surface area (Å²) in [6.07, 6.45) is 1.62. The van der Waals surface area contributed by atoms with Crippen LogP contribution in [0.15, 0.2) is 47.5 Å². The monoisotopic (exact) mass is 355 g/mol. The standard InChI is InChI=1S/C19H21N3O2S/c1-13-7-8-15(12-14(13)2)25-11-10-22-17(23)19(3,21-18(22)24)16-6-4-5-9-20-16/h4-9,12H,10-11H2,1-3H3,(H,21,24). The zero-order valence-electron chi connectivity index (χ0n) is 14.6. The van der Waals surface area contributed by atoms with E-state index in [0.717, 1.165) is 4.90 Å². The van der Waals surface area contributed by atoms with Gasteiger partial charge in [-0.1, -0.05) is 12.1 Å². The van der Waals surface area contributed by atoms with Crippen molar-refractivity contribution in [3.8, 4) is 0 Å². The summed E-state index contributed by atoms with van der Waals surface area (Å²) in [5.74, 6) is 0.400. The van der Waals surface area contributed by atoms with Gasteiger partial charge in [0.15, 0.2) is 5.54 Å². The van der Waals surface area contributed by atoms with E-state index in [-0.39, 0.29) is 11.9 Å². The molecule has 1 N–H and O–H groups in total. The van der Waals surface area contributed by atoms with Gasteiger partial charge in [-0.15, -0.1) is 11.8 Å². The van der Waals surface area contributed by atoms with E-state index in [4.69, 9.17) is 0 Å². The first-order valence-corrected chi connectivity index (χ1v) is 9.16. The normalized spacial score (nSPS) is 20.0. The van der Waals surface area contributed by atoms with Crippen LogP contribution in [0.4, 0.5) is 4.79 Å². The lowest BCUT2D eigenvalue weighted by Gasteiger charge is -2.20. The quantitative estimate of drug-likeness (QED) is 0.660. The lowest BCUT2D eigenvalue weighted by Crippen LogP contribution is -2.41. The van der Waals surface area contributed by atoms with Crippen LogP contribution in [0, 0.1) is 13.8 Å². The smallest absolute Gasteiger partial charge is 0.318 e. The minimum atomic E-state index is -1.09. The molecule has 1 fully saturated rings. The molecule has 1 aromatic heterocycles. The Bertz CT molecular complexity index is 810. The lowest BCUT2D eigenvalue weighted by atomic mass is 9.97. The van der Waals surface area contributed by atoms with E-state index in [1.54, 1.807) is 37.0 Å². The number of urea groups is 1. The fourth-order valence-corrected chi connectivity index (χ4v) is 3.72. The number of hydrogen-bond acceptors (Lipinski definition) is 4. The van der Waals surface area contributed by atoms with Crippen LogP contribution in [0.2, 0.25) is 0 Å². The highest BCUT2D eigenvalue weighted by atomic mass is 32.2. The first-order valence-electron chi connectivity index (χ1n) is 8.17. The number of aromatic nitrogens is 1. The predicted octanol–water partition coefficient (Wildman–Crippen LogP) is 3.26. The van der Waals surface area contributed by atoms with Crippen LogP contribution in [0.5, 0.6) is 0 Å². The average molecular weight is 355 g/mol. The molecule has 130 valence electrons. The van der Waals surface area contributed by atoms with Crippen molar-refractivity contribution in [1.29, 1.82) is 0 Å². The molecular weight excluding hydrogens is 334 g/mol. The van der Waals surface area contributed by atoms with Crippen LogP contribution in [-0.4, -0.2) is 34.1 Å². The van der Waals surface area contributed by atoms with Gasteiger partial charge >= 0.3 is 6.03 Å². The molecule has 1 aliphatic heterocycles. The number of benzene rings is 1. The van der Waals surface area contributed by atoms with Gasteiger partial charge in [-0.05, 0) is 56.2 Å². The second-order valence-electron chi connectivity index (χ2n) is 6.32. The van der Waals surface area contributed by atoms with Crippen molar-refractivity contribution in [2.75, 3.05) is 12.3 Å². The maximum atomic E-state index is 12.8. The number of carbonyl (C=O) groups is 2. The molecule has 1 saturated heterocycles. The fraction of sp³-hybridized carbons (Fsp3) is 0.316. The largest absolute Gasteiger partial charge is 0.325 e. The van der Waals surface area contributed by atoms with Crippen LogP contribution in [0.1, 0.15) is 23.7 Å². The Morgan fingerprint density at radius 1 is 1.16 bits per heavy atom. The molecule has 1 aliphatic rings. The van der Waals surface area contributed by atoms with E-state index in [2.05, 4.69) is 42.3 Å². The number of rotatable bonds is 5. The van der Waals surface area contributed by atoms with E-state index in [1.807, 2.05) is 6.07 Å². The van der Waals surface area contributed by atoms with Crippen LogP contribution in [-0.2, 0) is 10.3 Å². The molecule has 2 aromatic rings. The summed E-state index contributed by atoms with van der Waals surface area (Å²) in [5, 5.41) is 2.78. The van der Waals surface area contributed by atoms with Gasteiger partial charge in [0.1, 0.15) is 0 Å². The minimum Gasteiger partial charge on any atom is -0.318 e. The van der Waals surface area contributed by atoms with E-state index in [1.165, 1.54) is 16.0 Å². The summed E-state index contributed by atoms with van der Waals surface area (Å²) in [6, 6.07) is 11.3. The van der Waals surface area contributed by atoms with Gasteiger partial charge in [0.25, 0.3) is 5.91 Å². The molecule has 3 amide bonds. The molecule has 1 aromatic carbocycles. The molecule has 0 saturated carbocycles. The lowest BCUT2D eigenvalue weighted by molar-refractivity contribution is -0.131. The summed E-state index contributed by atoms with van der Waals surface area (Å²) in [5.41, 5.74) is 1.95. The number of pyridine rings is 1. The molecule has 1 atom stereocenters. The van der Waals surface area contributed by atoms with E-state index >= 15 is 0 Å². The first-order chi connectivity index (χ1) is 11.9. The van der Waals surface area contributed by atoms with E-state index in [9.17, 15) is 9.59 Å². The molecule has 5 nitrogen and oxygen atoms in total. The van der Waals surface area contributed by atoms with Crippen LogP contribution < -0.4 is 5.32 Å². The minimum absolute atomic E-state index is 0.253. The third-order valence-corrected chi connectivity index (χ3v) is 5.49. The second-order valence-corrected chi connectivity index (χ2v) is 7.49. The van der Waals surface area contributed by atoms with Crippen LogP contribution in [0.3, 0.4) is 0 Å². The molecular formula is C19H21N3O2S. The predicted molar refractivity (Wildman–Crippen MR) is 98.5 cm³/mol. The van der Waals surface area contributed by atoms with Gasteiger partial charge < -0.3 is 5.32 Å².